The molecular weight excluding hydrogens is 484 g/mol. The topological polar surface area (TPSA) is 103 Å². The molecule has 1 aliphatic heterocycles. The van der Waals surface area contributed by atoms with Crippen LogP contribution in [0.15, 0.2) is 52.2 Å². The van der Waals surface area contributed by atoms with E-state index in [9.17, 15) is 20.1 Å². The number of nitrogens with zero attached hydrogens (tertiary/aromatic N) is 2. The molecule has 4 atom stereocenters. The Morgan fingerprint density at radius 3 is 2.89 bits per heavy atom. The number of piperidine rings is 1. The number of thiophene rings is 1. The summed E-state index contributed by atoms with van der Waals surface area (Å²) in [5.74, 6) is 0.684. The van der Waals surface area contributed by atoms with Crippen molar-refractivity contribution in [2.24, 2.45) is 11.8 Å². The molecule has 1 aromatic carbocycles. The first-order chi connectivity index (χ1) is 16.9. The number of fused-ring (bicyclic) bond motifs is 1. The number of carboxylic acids is 1. The molecule has 0 spiro atoms. The van der Waals surface area contributed by atoms with Gasteiger partial charge in [0, 0.05) is 30.6 Å². The van der Waals surface area contributed by atoms with Crippen LogP contribution in [0.5, 0.6) is 5.75 Å². The van der Waals surface area contributed by atoms with Crippen LogP contribution in [-0.2, 0) is 4.79 Å². The number of rotatable bonds is 11. The number of aliphatic hydroxyl groups excluding tert-OH is 2. The van der Waals surface area contributed by atoms with Gasteiger partial charge in [-0.25, -0.2) is 0 Å². The maximum absolute atomic E-state index is 11.6. The van der Waals surface area contributed by atoms with E-state index in [-0.39, 0.29) is 18.3 Å². The van der Waals surface area contributed by atoms with E-state index in [0.717, 1.165) is 30.6 Å². The van der Waals surface area contributed by atoms with E-state index < -0.39 is 18.2 Å². The molecule has 1 unspecified atom stereocenters. The van der Waals surface area contributed by atoms with Crippen molar-refractivity contribution in [2.45, 2.75) is 35.7 Å². The molecule has 3 N–H and O–H groups in total. The third-order valence-corrected chi connectivity index (χ3v) is 8.87. The van der Waals surface area contributed by atoms with Crippen LogP contribution in [-0.4, -0.2) is 69.8 Å². The highest BCUT2D eigenvalue weighted by Crippen LogP contribution is 2.35. The van der Waals surface area contributed by atoms with Crippen LogP contribution in [0, 0.1) is 11.8 Å². The molecule has 4 rings (SSSR count). The monoisotopic (exact) mass is 516 g/mol. The predicted molar refractivity (Wildman–Crippen MR) is 139 cm³/mol. The first-order valence-corrected chi connectivity index (χ1v) is 13.7. The van der Waals surface area contributed by atoms with Crippen LogP contribution in [0.25, 0.3) is 10.9 Å². The minimum Gasteiger partial charge on any atom is -0.495 e. The van der Waals surface area contributed by atoms with Gasteiger partial charge in [-0.2, -0.15) is 0 Å². The molecular formula is C26H32N2O5S2. The van der Waals surface area contributed by atoms with Gasteiger partial charge >= 0.3 is 5.97 Å². The van der Waals surface area contributed by atoms with Crippen molar-refractivity contribution in [1.29, 1.82) is 0 Å². The number of thioether (sulfide) groups is 1. The normalized spacial score (nSPS) is 20.5. The number of pyridine rings is 1. The average molecular weight is 517 g/mol. The number of aliphatic hydroxyl groups is 2. The summed E-state index contributed by atoms with van der Waals surface area (Å²) in [6.45, 7) is 2.46. The van der Waals surface area contributed by atoms with Gasteiger partial charge in [0.2, 0.25) is 0 Å². The Morgan fingerprint density at radius 2 is 2.14 bits per heavy atom. The lowest BCUT2D eigenvalue weighted by molar-refractivity contribution is -0.139. The Kier molecular flexibility index (Phi) is 9.02. The summed E-state index contributed by atoms with van der Waals surface area (Å²) in [6.07, 6.45) is 0.740. The standard InChI is InChI=1S/C26H32N2O5S2/c1-33-19-14-21-20(4-2-5-22(21)27-15-19)26(32)23(29)12-17-7-8-28(16-18(17)13-24(30)31)9-11-35-25-6-3-10-34-25/h2-6,10,14-15,17-18,23,26,29,32H,7-9,11-13,16H2,1H3,(H,30,31)/t17-,18?,23+,26+/m0/s1. The van der Waals surface area contributed by atoms with Crippen molar-refractivity contribution in [2.75, 3.05) is 32.5 Å². The first kappa shape index (κ1) is 25.9. The Bertz CT molecular complexity index is 1110. The minimum atomic E-state index is -1.10. The molecule has 0 amide bonds. The van der Waals surface area contributed by atoms with Crippen molar-refractivity contribution in [1.82, 2.24) is 9.88 Å². The number of methoxy groups -OCH3 is 1. The van der Waals surface area contributed by atoms with Gasteiger partial charge in [-0.1, -0.05) is 18.2 Å². The van der Waals surface area contributed by atoms with E-state index in [2.05, 4.69) is 21.3 Å². The fourth-order valence-electron chi connectivity index (χ4n) is 4.91. The number of hydrogen-bond acceptors (Lipinski definition) is 8. The number of ether oxygens (including phenoxy) is 1. The Labute approximate surface area is 213 Å². The molecule has 2 aromatic heterocycles. The van der Waals surface area contributed by atoms with Gasteiger partial charge in [0.05, 0.1) is 29.1 Å². The lowest BCUT2D eigenvalue weighted by atomic mass is 9.78. The van der Waals surface area contributed by atoms with Crippen molar-refractivity contribution in [3.05, 3.63) is 53.5 Å². The van der Waals surface area contributed by atoms with Crippen LogP contribution < -0.4 is 4.74 Å². The number of carbonyl (C=O) groups is 1. The molecule has 0 radical (unpaired) electrons. The number of aliphatic carboxylic acids is 1. The first-order valence-electron chi connectivity index (χ1n) is 11.8. The Hall–Kier alpha value is -2.17. The van der Waals surface area contributed by atoms with Crippen LogP contribution in [0.4, 0.5) is 0 Å². The average Bonchev–Trinajstić information content (AvgIpc) is 3.37. The van der Waals surface area contributed by atoms with Crippen LogP contribution in [0.2, 0.25) is 0 Å². The Morgan fingerprint density at radius 1 is 1.29 bits per heavy atom. The number of aromatic nitrogens is 1. The number of benzene rings is 1. The highest BCUT2D eigenvalue weighted by molar-refractivity contribution is 8.01. The minimum absolute atomic E-state index is 0.0274. The van der Waals surface area contributed by atoms with Gasteiger partial charge in [0.1, 0.15) is 11.9 Å². The molecule has 35 heavy (non-hydrogen) atoms. The van der Waals surface area contributed by atoms with Crippen LogP contribution in [0.1, 0.15) is 30.9 Å². The van der Waals surface area contributed by atoms with E-state index in [1.807, 2.05) is 36.0 Å². The van der Waals surface area contributed by atoms with Crippen LogP contribution in [0.3, 0.4) is 0 Å². The smallest absolute Gasteiger partial charge is 0.303 e. The summed E-state index contributed by atoms with van der Waals surface area (Å²) < 4.78 is 6.57. The maximum Gasteiger partial charge on any atom is 0.303 e. The second-order valence-corrected chi connectivity index (χ2v) is 11.4. The van der Waals surface area contributed by atoms with Gasteiger partial charge in [-0.15, -0.1) is 23.1 Å². The fraction of sp³-hybridized carbons (Fsp3) is 0.462. The summed E-state index contributed by atoms with van der Waals surface area (Å²) >= 11 is 3.56. The molecule has 3 heterocycles. The van der Waals surface area contributed by atoms with Crippen molar-refractivity contribution < 1.29 is 24.9 Å². The maximum atomic E-state index is 11.6. The third kappa shape index (κ3) is 6.74. The quantitative estimate of drug-likeness (QED) is 0.324. The van der Waals surface area contributed by atoms with E-state index in [0.29, 0.717) is 29.8 Å². The molecule has 0 aliphatic carbocycles. The van der Waals surface area contributed by atoms with Gasteiger partial charge < -0.3 is 25.0 Å². The van der Waals surface area contributed by atoms with Gasteiger partial charge in [-0.3, -0.25) is 9.78 Å². The predicted octanol–water partition coefficient (Wildman–Crippen LogP) is 4.29. The highest BCUT2D eigenvalue weighted by atomic mass is 32.2. The summed E-state index contributed by atoms with van der Waals surface area (Å²) in [5.41, 5.74) is 1.31. The Balaban J connectivity index is 1.40. The van der Waals surface area contributed by atoms with Crippen molar-refractivity contribution in [3.63, 3.8) is 0 Å². The molecule has 0 bridgehead atoms. The molecule has 1 fully saturated rings. The summed E-state index contributed by atoms with van der Waals surface area (Å²) in [5, 5.41) is 34.4. The lowest BCUT2D eigenvalue weighted by Crippen LogP contribution is -2.43. The van der Waals surface area contributed by atoms with Crippen LogP contribution >= 0.6 is 23.1 Å². The second kappa shape index (κ2) is 12.2. The zero-order valence-corrected chi connectivity index (χ0v) is 21.4. The van der Waals surface area contributed by atoms with E-state index >= 15 is 0 Å². The molecule has 1 saturated heterocycles. The molecule has 1 aliphatic rings. The third-order valence-electron chi connectivity index (χ3n) is 6.76. The molecule has 188 valence electrons. The summed E-state index contributed by atoms with van der Waals surface area (Å²) in [6, 6.07) is 11.4. The largest absolute Gasteiger partial charge is 0.495 e. The zero-order valence-electron chi connectivity index (χ0n) is 19.7. The van der Waals surface area contributed by atoms with E-state index in [1.165, 1.54) is 4.21 Å². The van der Waals surface area contributed by atoms with Crippen molar-refractivity contribution >= 4 is 40.0 Å². The van der Waals surface area contributed by atoms with E-state index in [4.69, 9.17) is 4.74 Å². The lowest BCUT2D eigenvalue weighted by Gasteiger charge is -2.39. The number of likely N-dealkylation sites (tertiary alicyclic amines) is 1. The fourth-order valence-corrected chi connectivity index (χ4v) is 6.78. The zero-order chi connectivity index (χ0) is 24.8. The highest BCUT2D eigenvalue weighted by Gasteiger charge is 2.34. The second-order valence-electron chi connectivity index (χ2n) is 9.02. The molecule has 7 nitrogen and oxygen atoms in total. The number of hydrogen-bond donors (Lipinski definition) is 3. The SMILES string of the molecule is COc1cnc2cccc([C@@H](O)[C@H](O)C[C@@H]3CCN(CCSc4cccs4)CC3CC(=O)O)c2c1. The van der Waals surface area contributed by atoms with Gasteiger partial charge in [-0.05, 0) is 60.4 Å². The number of carboxylic acid groups (broad SMARTS) is 1. The molecule has 0 saturated carbocycles. The summed E-state index contributed by atoms with van der Waals surface area (Å²) in [4.78, 5) is 18.3. The molecule has 9 heteroatoms. The van der Waals surface area contributed by atoms with Gasteiger partial charge in [0.25, 0.3) is 0 Å². The summed E-state index contributed by atoms with van der Waals surface area (Å²) in [7, 11) is 1.56. The van der Waals surface area contributed by atoms with Crippen molar-refractivity contribution in [3.8, 4) is 5.75 Å². The van der Waals surface area contributed by atoms with E-state index in [1.54, 1.807) is 30.7 Å². The van der Waals surface area contributed by atoms with Gasteiger partial charge in [0.15, 0.2) is 0 Å². The molecule has 3 aromatic rings.